The fourth-order valence-corrected chi connectivity index (χ4v) is 3.42. The molecule has 2 aliphatic rings. The van der Waals surface area contributed by atoms with E-state index in [9.17, 15) is 0 Å². The van der Waals surface area contributed by atoms with Gasteiger partial charge in [-0.05, 0) is 31.7 Å². The monoisotopic (exact) mass is 281 g/mol. The van der Waals surface area contributed by atoms with Gasteiger partial charge in [0, 0.05) is 23.9 Å². The maximum atomic E-state index is 5.75. The van der Waals surface area contributed by atoms with Gasteiger partial charge in [-0.1, -0.05) is 18.2 Å². The average molecular weight is 281 g/mol. The van der Waals surface area contributed by atoms with E-state index in [-0.39, 0.29) is 5.92 Å². The van der Waals surface area contributed by atoms with Crippen LogP contribution in [0.5, 0.6) is 5.75 Å². The summed E-state index contributed by atoms with van der Waals surface area (Å²) in [6.07, 6.45) is 4.30. The van der Waals surface area contributed by atoms with Crippen molar-refractivity contribution < 1.29 is 4.74 Å². The van der Waals surface area contributed by atoms with Gasteiger partial charge in [-0.25, -0.2) is 9.97 Å². The van der Waals surface area contributed by atoms with E-state index in [0.29, 0.717) is 0 Å². The van der Waals surface area contributed by atoms with Crippen LogP contribution in [0.15, 0.2) is 24.3 Å². The van der Waals surface area contributed by atoms with Gasteiger partial charge in [-0.2, -0.15) is 0 Å². The van der Waals surface area contributed by atoms with Gasteiger partial charge in [0.15, 0.2) is 0 Å². The zero-order valence-corrected chi connectivity index (χ0v) is 12.2. The topological polar surface area (TPSA) is 47.0 Å². The smallest absolute Gasteiger partial charge is 0.138 e. The van der Waals surface area contributed by atoms with E-state index in [1.54, 1.807) is 0 Å². The third-order valence-corrected chi connectivity index (χ3v) is 4.46. The van der Waals surface area contributed by atoms with E-state index < -0.39 is 0 Å². The molecule has 1 aliphatic heterocycles. The lowest BCUT2D eigenvalue weighted by Gasteiger charge is -2.25. The Labute approximate surface area is 124 Å². The summed E-state index contributed by atoms with van der Waals surface area (Å²) in [7, 11) is 1.95. The molecule has 0 fully saturated rings. The maximum Gasteiger partial charge on any atom is 0.138 e. The van der Waals surface area contributed by atoms with Crippen LogP contribution in [-0.2, 0) is 12.8 Å². The number of hydrogen-bond acceptors (Lipinski definition) is 4. The molecule has 1 aliphatic carbocycles. The molecule has 0 spiro atoms. The van der Waals surface area contributed by atoms with Crippen molar-refractivity contribution in [1.82, 2.24) is 9.97 Å². The Bertz CT molecular complexity index is 684. The van der Waals surface area contributed by atoms with Gasteiger partial charge in [0.1, 0.15) is 17.4 Å². The minimum Gasteiger partial charge on any atom is -0.493 e. The summed E-state index contributed by atoms with van der Waals surface area (Å²) in [5.41, 5.74) is 3.75. The Balaban J connectivity index is 1.81. The molecular weight excluding hydrogens is 262 g/mol. The summed E-state index contributed by atoms with van der Waals surface area (Å²) in [6.45, 7) is 0.733. The second-order valence-corrected chi connectivity index (χ2v) is 5.69. The Morgan fingerprint density at radius 2 is 2.10 bits per heavy atom. The maximum absolute atomic E-state index is 5.75. The molecule has 0 amide bonds. The molecule has 2 aromatic rings. The number of ether oxygens (including phenoxy) is 1. The second kappa shape index (κ2) is 5.02. The number of anilines is 1. The number of fused-ring (bicyclic) bond motifs is 2. The molecule has 0 saturated heterocycles. The molecule has 0 bridgehead atoms. The van der Waals surface area contributed by atoms with E-state index in [2.05, 4.69) is 17.4 Å². The van der Waals surface area contributed by atoms with Crippen LogP contribution in [-0.4, -0.2) is 23.6 Å². The van der Waals surface area contributed by atoms with Crippen LogP contribution in [0.1, 0.15) is 41.4 Å². The Kier molecular flexibility index (Phi) is 3.02. The first-order chi connectivity index (χ1) is 10.4. The largest absolute Gasteiger partial charge is 0.493 e. The minimum absolute atomic E-state index is 0.243. The SMILES string of the molecule is CNc1nc(C2CCOc3ccccc32)nc2c1CCC2. The highest BCUT2D eigenvalue weighted by molar-refractivity contribution is 5.50. The summed E-state index contributed by atoms with van der Waals surface area (Å²) in [5, 5.41) is 3.25. The van der Waals surface area contributed by atoms with Gasteiger partial charge in [-0.3, -0.25) is 0 Å². The van der Waals surface area contributed by atoms with E-state index in [1.165, 1.54) is 23.2 Å². The molecule has 4 nitrogen and oxygen atoms in total. The van der Waals surface area contributed by atoms with Crippen LogP contribution in [0.3, 0.4) is 0 Å². The van der Waals surface area contributed by atoms with Crippen molar-refractivity contribution in [2.24, 2.45) is 0 Å². The molecule has 4 heteroatoms. The van der Waals surface area contributed by atoms with Crippen LogP contribution < -0.4 is 10.1 Å². The summed E-state index contributed by atoms with van der Waals surface area (Å²) in [5.74, 6) is 3.17. The van der Waals surface area contributed by atoms with Gasteiger partial charge in [0.2, 0.25) is 0 Å². The number of nitrogens with one attached hydrogen (secondary N) is 1. The highest BCUT2D eigenvalue weighted by Gasteiger charge is 2.27. The number of hydrogen-bond donors (Lipinski definition) is 1. The Morgan fingerprint density at radius 3 is 3.00 bits per heavy atom. The summed E-state index contributed by atoms with van der Waals surface area (Å²) in [6, 6.07) is 8.25. The van der Waals surface area contributed by atoms with Gasteiger partial charge in [-0.15, -0.1) is 0 Å². The molecule has 4 rings (SSSR count). The van der Waals surface area contributed by atoms with Gasteiger partial charge in [0.05, 0.1) is 12.5 Å². The first-order valence-electron chi connectivity index (χ1n) is 7.66. The van der Waals surface area contributed by atoms with Gasteiger partial charge >= 0.3 is 0 Å². The van der Waals surface area contributed by atoms with Crippen molar-refractivity contribution in [3.63, 3.8) is 0 Å². The van der Waals surface area contributed by atoms with Gasteiger partial charge < -0.3 is 10.1 Å². The molecule has 0 radical (unpaired) electrons. The predicted octanol–water partition coefficient (Wildman–Crippen LogP) is 2.92. The molecule has 1 aromatic carbocycles. The quantitative estimate of drug-likeness (QED) is 0.919. The highest BCUT2D eigenvalue weighted by Crippen LogP contribution is 2.38. The minimum atomic E-state index is 0.243. The Morgan fingerprint density at radius 1 is 1.19 bits per heavy atom. The summed E-state index contributed by atoms with van der Waals surface area (Å²) in [4.78, 5) is 9.69. The van der Waals surface area contributed by atoms with E-state index in [1.807, 2.05) is 19.2 Å². The van der Waals surface area contributed by atoms with Crippen LogP contribution in [0.25, 0.3) is 0 Å². The number of benzene rings is 1. The molecule has 1 atom stereocenters. The molecule has 21 heavy (non-hydrogen) atoms. The molecule has 2 heterocycles. The van der Waals surface area contributed by atoms with Crippen LogP contribution in [0, 0.1) is 0 Å². The van der Waals surface area contributed by atoms with Crippen molar-refractivity contribution in [1.29, 1.82) is 0 Å². The summed E-state index contributed by atoms with van der Waals surface area (Å²) >= 11 is 0. The first kappa shape index (κ1) is 12.6. The van der Waals surface area contributed by atoms with Crippen molar-refractivity contribution >= 4 is 5.82 Å². The van der Waals surface area contributed by atoms with Crippen molar-refractivity contribution in [3.05, 3.63) is 46.9 Å². The zero-order valence-electron chi connectivity index (χ0n) is 12.2. The van der Waals surface area contributed by atoms with Crippen LogP contribution in [0.2, 0.25) is 0 Å². The standard InChI is InChI=1S/C17H19N3O/c1-18-16-13-6-4-7-14(13)19-17(20-16)12-9-10-21-15-8-3-2-5-11(12)15/h2-3,5,8,12H,4,6-7,9-10H2,1H3,(H,18,19,20). The molecular formula is C17H19N3O. The van der Waals surface area contributed by atoms with Crippen molar-refractivity contribution in [2.45, 2.75) is 31.6 Å². The predicted molar refractivity (Wildman–Crippen MR) is 82.0 cm³/mol. The third kappa shape index (κ3) is 2.06. The van der Waals surface area contributed by atoms with Crippen LogP contribution in [0.4, 0.5) is 5.82 Å². The molecule has 1 aromatic heterocycles. The number of rotatable bonds is 2. The lowest BCUT2D eigenvalue weighted by atomic mass is 9.92. The summed E-state index contributed by atoms with van der Waals surface area (Å²) < 4.78 is 5.75. The average Bonchev–Trinajstić information content (AvgIpc) is 3.02. The zero-order chi connectivity index (χ0) is 14.2. The lowest BCUT2D eigenvalue weighted by Crippen LogP contribution is -2.18. The Hall–Kier alpha value is -2.10. The fraction of sp³-hybridized carbons (Fsp3) is 0.412. The first-order valence-corrected chi connectivity index (χ1v) is 7.66. The van der Waals surface area contributed by atoms with E-state index >= 15 is 0 Å². The molecule has 108 valence electrons. The third-order valence-electron chi connectivity index (χ3n) is 4.46. The normalized spacial score (nSPS) is 19.6. The number of aryl methyl sites for hydroxylation is 1. The van der Waals surface area contributed by atoms with Crippen molar-refractivity contribution in [3.8, 4) is 5.75 Å². The second-order valence-electron chi connectivity index (χ2n) is 5.69. The molecule has 0 saturated carbocycles. The van der Waals surface area contributed by atoms with Crippen molar-refractivity contribution in [2.75, 3.05) is 19.0 Å². The molecule has 1 N–H and O–H groups in total. The fourth-order valence-electron chi connectivity index (χ4n) is 3.42. The number of nitrogens with zero attached hydrogens (tertiary/aromatic N) is 2. The highest BCUT2D eigenvalue weighted by atomic mass is 16.5. The van der Waals surface area contributed by atoms with Crippen LogP contribution >= 0.6 is 0 Å². The van der Waals surface area contributed by atoms with E-state index in [4.69, 9.17) is 14.7 Å². The molecule has 1 unspecified atom stereocenters. The van der Waals surface area contributed by atoms with E-state index in [0.717, 1.165) is 43.3 Å². The number of aromatic nitrogens is 2. The lowest BCUT2D eigenvalue weighted by molar-refractivity contribution is 0.274. The van der Waals surface area contributed by atoms with Gasteiger partial charge in [0.25, 0.3) is 0 Å². The number of para-hydroxylation sites is 1.